The summed E-state index contributed by atoms with van der Waals surface area (Å²) in [6.45, 7) is 5.05. The average Bonchev–Trinajstić information content (AvgIpc) is 2.64. The van der Waals surface area contributed by atoms with Crippen molar-refractivity contribution in [2.75, 3.05) is 0 Å². The second kappa shape index (κ2) is 7.84. The topological polar surface area (TPSA) is 72.7 Å². The Morgan fingerprint density at radius 2 is 1.78 bits per heavy atom. The lowest BCUT2D eigenvalue weighted by atomic mass is 10.1. The molecule has 5 nitrogen and oxygen atoms in total. The highest BCUT2D eigenvalue weighted by Crippen LogP contribution is 2.07. The highest BCUT2D eigenvalue weighted by atomic mass is 16.4. The molecule has 0 aliphatic carbocycles. The molecule has 1 heterocycles. The number of carboxylic acid groups (broad SMARTS) is 1. The van der Waals surface area contributed by atoms with E-state index in [0.29, 0.717) is 0 Å². The Balaban J connectivity index is 1.99. The fraction of sp³-hybridized carbons (Fsp3) is 0.769. The molecule has 0 aliphatic heterocycles. The lowest BCUT2D eigenvalue weighted by Crippen LogP contribution is -2.38. The molecule has 0 spiro atoms. The van der Waals surface area contributed by atoms with Gasteiger partial charge in [-0.25, -0.2) is 0 Å². The number of nitrogens with zero attached hydrogens (tertiary/aromatic N) is 2. The molecule has 0 atom stereocenters. The molecular weight excluding hydrogens is 230 g/mol. The number of rotatable bonds is 9. The average molecular weight is 253 g/mol. The third-order valence-electron chi connectivity index (χ3n) is 3.28. The number of unbranched alkanes of at least 4 members (excludes halogenated alkanes) is 5. The molecule has 0 unspecified atom stereocenters. The van der Waals surface area contributed by atoms with Gasteiger partial charge >= 0.3 is 0 Å². The summed E-state index contributed by atoms with van der Waals surface area (Å²) in [5.74, 6) is -0.934. The van der Waals surface area contributed by atoms with Crippen LogP contribution in [-0.2, 0) is 11.3 Å². The van der Waals surface area contributed by atoms with Crippen LogP contribution in [-0.4, -0.2) is 16.3 Å². The Kier molecular flexibility index (Phi) is 6.39. The van der Waals surface area contributed by atoms with E-state index >= 15 is 0 Å². The van der Waals surface area contributed by atoms with Crippen LogP contribution in [0.3, 0.4) is 0 Å². The van der Waals surface area contributed by atoms with E-state index in [1.165, 1.54) is 18.5 Å². The molecule has 0 saturated carbocycles. The zero-order valence-corrected chi connectivity index (χ0v) is 11.4. The summed E-state index contributed by atoms with van der Waals surface area (Å²) in [4.78, 5) is 10.2. The van der Waals surface area contributed by atoms with E-state index in [2.05, 4.69) is 21.9 Å². The fourth-order valence-corrected chi connectivity index (χ4v) is 1.95. The number of aromatic amines is 1. The van der Waals surface area contributed by atoms with Crippen LogP contribution in [0.1, 0.15) is 56.3 Å². The number of hydrogen-bond donors (Lipinski definition) is 1. The molecule has 0 fully saturated rings. The van der Waals surface area contributed by atoms with E-state index in [1.807, 2.05) is 6.92 Å². The molecule has 0 aliphatic rings. The zero-order chi connectivity index (χ0) is 13.4. The van der Waals surface area contributed by atoms with Gasteiger partial charge in [-0.3, -0.25) is 0 Å². The molecule has 0 radical (unpaired) electrons. The van der Waals surface area contributed by atoms with E-state index in [-0.39, 0.29) is 6.42 Å². The number of hydrogen-bond acceptors (Lipinski definition) is 3. The molecule has 0 aromatic carbocycles. The van der Waals surface area contributed by atoms with Gasteiger partial charge in [-0.15, -0.1) is 0 Å². The van der Waals surface area contributed by atoms with E-state index in [9.17, 15) is 9.90 Å². The van der Waals surface area contributed by atoms with Crippen LogP contribution < -0.4 is 9.79 Å². The van der Waals surface area contributed by atoms with Crippen LogP contribution in [0, 0.1) is 13.8 Å². The predicted octanol–water partition coefficient (Wildman–Crippen LogP) is 0.795. The minimum atomic E-state index is -0.934. The van der Waals surface area contributed by atoms with E-state index in [4.69, 9.17) is 0 Å². The lowest BCUT2D eigenvalue weighted by molar-refractivity contribution is -0.759. The molecule has 1 aromatic heterocycles. The number of carboxylic acids is 1. The van der Waals surface area contributed by atoms with Gasteiger partial charge in [0.15, 0.2) is 5.69 Å². The summed E-state index contributed by atoms with van der Waals surface area (Å²) in [6, 6.07) is 0. The normalized spacial score (nSPS) is 10.8. The minimum Gasteiger partial charge on any atom is -0.550 e. The third-order valence-corrected chi connectivity index (χ3v) is 3.28. The molecule has 0 bridgehead atoms. The fourth-order valence-electron chi connectivity index (χ4n) is 1.95. The van der Waals surface area contributed by atoms with Crippen LogP contribution in [0.25, 0.3) is 0 Å². The number of carbonyl (C=O) groups excluding carboxylic acids is 1. The van der Waals surface area contributed by atoms with Gasteiger partial charge in [0.2, 0.25) is 5.69 Å². The smallest absolute Gasteiger partial charge is 0.218 e. The molecular formula is C13H23N3O2. The van der Waals surface area contributed by atoms with Crippen LogP contribution in [0.4, 0.5) is 0 Å². The minimum absolute atomic E-state index is 0.197. The molecule has 1 rings (SSSR count). The third kappa shape index (κ3) is 5.29. The number of aryl methyl sites for hydroxylation is 2. The number of aromatic nitrogens is 3. The second-order valence-corrected chi connectivity index (χ2v) is 4.78. The molecule has 18 heavy (non-hydrogen) atoms. The first-order valence-corrected chi connectivity index (χ1v) is 6.72. The van der Waals surface area contributed by atoms with Gasteiger partial charge < -0.3 is 9.90 Å². The Morgan fingerprint density at radius 1 is 1.17 bits per heavy atom. The maximum absolute atomic E-state index is 10.2. The van der Waals surface area contributed by atoms with Gasteiger partial charge in [-0.05, 0) is 25.7 Å². The first-order chi connectivity index (χ1) is 8.61. The molecule has 5 heteroatoms. The van der Waals surface area contributed by atoms with Gasteiger partial charge in [0.1, 0.15) is 6.54 Å². The Bertz CT molecular complexity index is 374. The van der Waals surface area contributed by atoms with Crippen LogP contribution in [0.15, 0.2) is 0 Å². The van der Waals surface area contributed by atoms with Crippen molar-refractivity contribution in [3.8, 4) is 0 Å². The largest absolute Gasteiger partial charge is 0.550 e. The van der Waals surface area contributed by atoms with E-state index in [0.717, 1.165) is 37.9 Å². The Morgan fingerprint density at radius 3 is 2.33 bits per heavy atom. The predicted molar refractivity (Wildman–Crippen MR) is 65.6 cm³/mol. The quantitative estimate of drug-likeness (QED) is 0.522. The monoisotopic (exact) mass is 253 g/mol. The highest BCUT2D eigenvalue weighted by Gasteiger charge is 2.10. The number of nitrogens with one attached hydrogen (secondary N) is 1. The molecule has 0 amide bonds. The van der Waals surface area contributed by atoms with Gasteiger partial charge in [0.25, 0.3) is 0 Å². The highest BCUT2D eigenvalue weighted by molar-refractivity contribution is 5.63. The maximum Gasteiger partial charge on any atom is 0.218 e. The van der Waals surface area contributed by atoms with Gasteiger partial charge in [0, 0.05) is 24.9 Å². The van der Waals surface area contributed by atoms with Crippen molar-refractivity contribution in [3.05, 3.63) is 11.4 Å². The van der Waals surface area contributed by atoms with E-state index in [1.54, 1.807) is 0 Å². The molecule has 1 N–H and O–H groups in total. The molecule has 1 aromatic rings. The van der Waals surface area contributed by atoms with Crippen molar-refractivity contribution in [1.29, 1.82) is 0 Å². The Hall–Kier alpha value is -1.39. The Labute approximate surface area is 108 Å². The van der Waals surface area contributed by atoms with Crippen LogP contribution in [0.2, 0.25) is 0 Å². The first-order valence-electron chi connectivity index (χ1n) is 6.72. The van der Waals surface area contributed by atoms with Crippen molar-refractivity contribution >= 4 is 5.97 Å². The second-order valence-electron chi connectivity index (χ2n) is 4.78. The van der Waals surface area contributed by atoms with Crippen molar-refractivity contribution < 1.29 is 14.6 Å². The summed E-state index contributed by atoms with van der Waals surface area (Å²) < 4.78 is 2.07. The number of aliphatic carboxylic acids is 1. The van der Waals surface area contributed by atoms with Gasteiger partial charge in [-0.1, -0.05) is 24.5 Å². The summed E-state index contributed by atoms with van der Waals surface area (Å²) in [5, 5.41) is 17.3. The SMILES string of the molecule is Cc1n[nH][n+](CCCCCCCCC(=O)[O-])c1C. The van der Waals surface area contributed by atoms with E-state index < -0.39 is 5.97 Å². The van der Waals surface area contributed by atoms with Crippen molar-refractivity contribution in [2.45, 2.75) is 65.3 Å². The maximum atomic E-state index is 10.2. The number of H-pyrrole nitrogens is 1. The molecule has 0 saturated heterocycles. The van der Waals surface area contributed by atoms with Crippen LogP contribution >= 0.6 is 0 Å². The van der Waals surface area contributed by atoms with Crippen molar-refractivity contribution in [2.24, 2.45) is 0 Å². The lowest BCUT2D eigenvalue weighted by Gasteiger charge is -2.02. The standard InChI is InChI=1S/C13H23N3O2/c1-11-12(2)16(15-14-11)10-8-6-4-3-5-7-9-13(17)18/h3-10H2,1-2H3,(H,17,18). The summed E-state index contributed by atoms with van der Waals surface area (Å²) >= 11 is 0. The molecule has 102 valence electrons. The first kappa shape index (κ1) is 14.7. The van der Waals surface area contributed by atoms with Crippen LogP contribution in [0.5, 0.6) is 0 Å². The van der Waals surface area contributed by atoms with Gasteiger partial charge in [-0.2, -0.15) is 4.68 Å². The van der Waals surface area contributed by atoms with Gasteiger partial charge in [0.05, 0.1) is 0 Å². The summed E-state index contributed by atoms with van der Waals surface area (Å²) in [6.07, 6.45) is 6.52. The zero-order valence-electron chi connectivity index (χ0n) is 11.4. The number of carbonyl (C=O) groups is 1. The van der Waals surface area contributed by atoms with Crippen molar-refractivity contribution in [1.82, 2.24) is 10.3 Å². The van der Waals surface area contributed by atoms with Crippen molar-refractivity contribution in [3.63, 3.8) is 0 Å². The summed E-state index contributed by atoms with van der Waals surface area (Å²) in [7, 11) is 0. The summed E-state index contributed by atoms with van der Waals surface area (Å²) in [5.41, 5.74) is 2.25.